The third-order valence-corrected chi connectivity index (χ3v) is 8.73. The number of ether oxygens (including phenoxy) is 1. The summed E-state index contributed by atoms with van der Waals surface area (Å²) in [5.41, 5.74) is 8.69. The number of carbonyl (C=O) groups excluding carboxylic acids is 2. The molecule has 3 aromatic rings. The van der Waals surface area contributed by atoms with Gasteiger partial charge in [0, 0.05) is 43.5 Å². The van der Waals surface area contributed by atoms with E-state index in [0.717, 1.165) is 62.3 Å². The highest BCUT2D eigenvalue weighted by atomic mass is 19.1. The second-order valence-electron chi connectivity index (χ2n) is 11.5. The molecule has 2 aliphatic heterocycles. The molecule has 0 radical (unpaired) electrons. The largest absolute Gasteiger partial charge is 0.378 e. The first kappa shape index (κ1) is 28.1. The molecule has 2 atom stereocenters. The van der Waals surface area contributed by atoms with Crippen LogP contribution >= 0.6 is 0 Å². The summed E-state index contributed by atoms with van der Waals surface area (Å²) >= 11 is 0. The van der Waals surface area contributed by atoms with E-state index in [1.807, 2.05) is 30.3 Å². The highest BCUT2D eigenvalue weighted by Crippen LogP contribution is 2.40. The molecule has 1 saturated carbocycles. The molecule has 3 heterocycles. The summed E-state index contributed by atoms with van der Waals surface area (Å²) in [6.45, 7) is 5.89. The molecule has 2 saturated heterocycles. The summed E-state index contributed by atoms with van der Waals surface area (Å²) in [7, 11) is 0. The number of rotatable bonds is 9. The molecule has 3 aliphatic rings. The van der Waals surface area contributed by atoms with Crippen LogP contribution in [0.2, 0.25) is 0 Å². The molecule has 0 spiro atoms. The van der Waals surface area contributed by atoms with Crippen LogP contribution < -0.4 is 20.9 Å². The van der Waals surface area contributed by atoms with Crippen molar-refractivity contribution in [3.8, 4) is 0 Å². The van der Waals surface area contributed by atoms with Gasteiger partial charge in [-0.2, -0.15) is 0 Å². The highest BCUT2D eigenvalue weighted by Gasteiger charge is 2.32. The summed E-state index contributed by atoms with van der Waals surface area (Å²) in [5.74, 6) is 0.0608. The van der Waals surface area contributed by atoms with Crippen LogP contribution in [0.3, 0.4) is 0 Å². The monoisotopic (exact) mass is 572 g/mol. The van der Waals surface area contributed by atoms with Crippen LogP contribution in [-0.2, 0) is 4.74 Å². The molecule has 220 valence electrons. The van der Waals surface area contributed by atoms with Crippen LogP contribution in [0, 0.1) is 11.7 Å². The van der Waals surface area contributed by atoms with Gasteiger partial charge in [-0.15, -0.1) is 0 Å². The lowest BCUT2D eigenvalue weighted by molar-refractivity contribution is 0.0940. The molecule has 42 heavy (non-hydrogen) atoms. The number of anilines is 4. The summed E-state index contributed by atoms with van der Waals surface area (Å²) < 4.78 is 20.3. The van der Waals surface area contributed by atoms with Gasteiger partial charge in [-0.1, -0.05) is 6.07 Å². The van der Waals surface area contributed by atoms with Gasteiger partial charge in [-0.25, -0.2) is 14.4 Å². The summed E-state index contributed by atoms with van der Waals surface area (Å²) in [6.07, 6.45) is 5.71. The molecule has 3 fully saturated rings. The third-order valence-electron chi connectivity index (χ3n) is 8.73. The van der Waals surface area contributed by atoms with Crippen molar-refractivity contribution < 1.29 is 18.7 Å². The van der Waals surface area contributed by atoms with Gasteiger partial charge in [0.05, 0.1) is 25.0 Å². The van der Waals surface area contributed by atoms with Crippen molar-refractivity contribution in [2.45, 2.75) is 51.0 Å². The molecule has 0 bridgehead atoms. The molecular weight excluding hydrogens is 535 g/mol. The highest BCUT2D eigenvalue weighted by molar-refractivity contribution is 5.97. The number of hydrogen-bond donors (Lipinski definition) is 2. The van der Waals surface area contributed by atoms with Gasteiger partial charge in [0.15, 0.2) is 17.3 Å². The number of primary amides is 1. The standard InChI is InChI=1S/C32H37FN6O3/c1-20-22(18-28(40)26-11-6-23(17-27(26)33)21-4-5-21)3-2-12-39(20)29-19-35-30(31(34)41)32(37-29)36-24-7-9-25(10-8-24)38-13-15-42-16-14-38/h6-11,17,19-22H,2-5,12-16,18H2,1H3,(H2,34,41)(H,36,37)/t20-,22+/m1/s1. The van der Waals surface area contributed by atoms with Crippen molar-refractivity contribution in [3.63, 3.8) is 0 Å². The Balaban J connectivity index is 1.17. The molecule has 1 amide bonds. The lowest BCUT2D eigenvalue weighted by Crippen LogP contribution is -2.44. The second kappa shape index (κ2) is 12.1. The minimum Gasteiger partial charge on any atom is -0.378 e. The van der Waals surface area contributed by atoms with E-state index in [1.165, 1.54) is 6.07 Å². The minimum atomic E-state index is -0.675. The first-order valence-electron chi connectivity index (χ1n) is 14.8. The van der Waals surface area contributed by atoms with Gasteiger partial charge in [-0.05, 0) is 86.4 Å². The van der Waals surface area contributed by atoms with Crippen molar-refractivity contribution in [1.82, 2.24) is 9.97 Å². The fraction of sp³-hybridized carbons (Fsp3) is 0.438. The maximum Gasteiger partial charge on any atom is 0.271 e. The molecular formula is C32H37FN6O3. The Hall–Kier alpha value is -4.05. The van der Waals surface area contributed by atoms with E-state index in [9.17, 15) is 14.0 Å². The zero-order chi connectivity index (χ0) is 29.2. The van der Waals surface area contributed by atoms with Gasteiger partial charge < -0.3 is 25.6 Å². The number of carbonyl (C=O) groups is 2. The number of aromatic nitrogens is 2. The Morgan fingerprint density at radius 2 is 1.83 bits per heavy atom. The fourth-order valence-corrected chi connectivity index (χ4v) is 6.09. The van der Waals surface area contributed by atoms with Crippen molar-refractivity contribution in [2.75, 3.05) is 48.0 Å². The topological polar surface area (TPSA) is 114 Å². The van der Waals surface area contributed by atoms with Crippen LogP contribution in [0.4, 0.5) is 27.4 Å². The van der Waals surface area contributed by atoms with Gasteiger partial charge >= 0.3 is 0 Å². The Kier molecular flexibility index (Phi) is 8.06. The number of benzene rings is 2. The normalized spacial score (nSPS) is 20.8. The number of nitrogens with one attached hydrogen (secondary N) is 1. The van der Waals surface area contributed by atoms with E-state index in [2.05, 4.69) is 27.0 Å². The van der Waals surface area contributed by atoms with E-state index in [0.29, 0.717) is 24.9 Å². The molecule has 2 aromatic carbocycles. The minimum absolute atomic E-state index is 0.0236. The molecule has 10 heteroatoms. The third kappa shape index (κ3) is 6.09. The predicted octanol–water partition coefficient (Wildman–Crippen LogP) is 5.05. The Morgan fingerprint density at radius 1 is 1.07 bits per heavy atom. The zero-order valence-electron chi connectivity index (χ0n) is 23.9. The van der Waals surface area contributed by atoms with Crippen molar-refractivity contribution in [3.05, 3.63) is 71.3 Å². The predicted molar refractivity (Wildman–Crippen MR) is 160 cm³/mol. The van der Waals surface area contributed by atoms with Crippen molar-refractivity contribution in [2.24, 2.45) is 11.7 Å². The molecule has 9 nitrogen and oxygen atoms in total. The average molecular weight is 573 g/mol. The first-order chi connectivity index (χ1) is 20.4. The van der Waals surface area contributed by atoms with Crippen molar-refractivity contribution in [1.29, 1.82) is 0 Å². The maximum absolute atomic E-state index is 14.8. The number of morpholine rings is 1. The van der Waals surface area contributed by atoms with Crippen LogP contribution in [0.15, 0.2) is 48.7 Å². The number of hydrogen-bond acceptors (Lipinski definition) is 8. The Labute approximate surface area is 245 Å². The lowest BCUT2D eigenvalue weighted by atomic mass is 9.84. The average Bonchev–Trinajstić information content (AvgIpc) is 3.85. The summed E-state index contributed by atoms with van der Waals surface area (Å²) in [4.78, 5) is 38.9. The van der Waals surface area contributed by atoms with E-state index >= 15 is 0 Å². The number of ketones is 1. The molecule has 3 N–H and O–H groups in total. The van der Waals surface area contributed by atoms with Gasteiger partial charge in [0.2, 0.25) is 0 Å². The molecule has 1 aromatic heterocycles. The number of halogens is 1. The number of amides is 1. The summed E-state index contributed by atoms with van der Waals surface area (Å²) in [5, 5.41) is 3.23. The quantitative estimate of drug-likeness (QED) is 0.343. The van der Waals surface area contributed by atoms with Crippen LogP contribution in [-0.4, -0.2) is 60.5 Å². The smallest absolute Gasteiger partial charge is 0.271 e. The van der Waals surface area contributed by atoms with Crippen LogP contribution in [0.1, 0.15) is 71.4 Å². The maximum atomic E-state index is 14.8. The Bertz CT molecular complexity index is 1460. The van der Waals surface area contributed by atoms with Crippen molar-refractivity contribution >= 4 is 34.7 Å². The Morgan fingerprint density at radius 3 is 2.52 bits per heavy atom. The zero-order valence-corrected chi connectivity index (χ0v) is 23.9. The number of Topliss-reactive ketones (excluding diaryl/α,β-unsaturated/α-hetero) is 1. The second-order valence-corrected chi connectivity index (χ2v) is 11.5. The summed E-state index contributed by atoms with van der Waals surface area (Å²) in [6, 6.07) is 12.9. The molecule has 6 rings (SSSR count). The van der Waals surface area contributed by atoms with Gasteiger partial charge in [0.25, 0.3) is 5.91 Å². The number of nitrogens with zero attached hydrogens (tertiary/aromatic N) is 4. The van der Waals surface area contributed by atoms with Crippen LogP contribution in [0.25, 0.3) is 0 Å². The van der Waals surface area contributed by atoms with E-state index in [-0.39, 0.29) is 41.2 Å². The number of piperidine rings is 1. The van der Waals surface area contributed by atoms with Gasteiger partial charge in [0.1, 0.15) is 11.6 Å². The van der Waals surface area contributed by atoms with Gasteiger partial charge in [-0.3, -0.25) is 9.59 Å². The number of nitrogens with two attached hydrogens (primary N) is 1. The first-order valence-corrected chi connectivity index (χ1v) is 14.8. The van der Waals surface area contributed by atoms with Crippen LogP contribution in [0.5, 0.6) is 0 Å². The van der Waals surface area contributed by atoms with E-state index in [4.69, 9.17) is 15.5 Å². The van der Waals surface area contributed by atoms with E-state index < -0.39 is 11.7 Å². The molecule has 1 aliphatic carbocycles. The van der Waals surface area contributed by atoms with E-state index in [1.54, 1.807) is 12.3 Å². The fourth-order valence-electron chi connectivity index (χ4n) is 6.09. The lowest BCUT2D eigenvalue weighted by Gasteiger charge is -2.40. The SMILES string of the molecule is C[C@@H]1[C@H](CC(=O)c2ccc(C3CC3)cc2F)CCCN1c1cnc(C(N)=O)c(Nc2ccc(N3CCOCC3)cc2)n1. The molecule has 0 unspecified atom stereocenters.